The van der Waals surface area contributed by atoms with Gasteiger partial charge in [0.15, 0.2) is 35.6 Å². The van der Waals surface area contributed by atoms with Gasteiger partial charge in [-0.15, -0.1) is 0 Å². The summed E-state index contributed by atoms with van der Waals surface area (Å²) in [6.07, 6.45) is -8.48. The molecule has 3 saturated heterocycles. The maximum atomic E-state index is 13.5. The number of esters is 1. The van der Waals surface area contributed by atoms with Crippen molar-refractivity contribution in [3.63, 3.8) is 0 Å². The predicted octanol–water partition coefficient (Wildman–Crippen LogP) is 0.213. The van der Waals surface area contributed by atoms with Gasteiger partial charge in [0, 0.05) is 11.8 Å². The summed E-state index contributed by atoms with van der Waals surface area (Å²) < 4.78 is 57.5. The highest BCUT2D eigenvalue weighted by molar-refractivity contribution is 5.79. The molecule has 2 aromatic carbocycles. The van der Waals surface area contributed by atoms with Crippen molar-refractivity contribution in [3.05, 3.63) is 41.0 Å². The summed E-state index contributed by atoms with van der Waals surface area (Å²) in [5.41, 5.74) is 14.4. The van der Waals surface area contributed by atoms with Crippen LogP contribution in [0.5, 0.6) is 28.7 Å². The number of fused-ring (bicyclic) bond motifs is 4. The van der Waals surface area contributed by atoms with Crippen LogP contribution >= 0.6 is 0 Å². The fourth-order valence-electron chi connectivity index (χ4n) is 7.18. The molecule has 4 heterocycles. The zero-order valence-corrected chi connectivity index (χ0v) is 25.0. The summed E-state index contributed by atoms with van der Waals surface area (Å²) in [6.45, 7) is 1.60. The molecule has 0 saturated carbocycles. The molecule has 3 fully saturated rings. The number of carbonyl (C=O) groups excluding carboxylic acids is 1. The van der Waals surface area contributed by atoms with Gasteiger partial charge in [-0.2, -0.15) is 0 Å². The third kappa shape index (κ3) is 4.77. The van der Waals surface area contributed by atoms with E-state index in [1.807, 2.05) is 6.07 Å². The predicted molar refractivity (Wildman–Crippen MR) is 149 cm³/mol. The smallest absolute Gasteiger partial charge is 0.310 e. The van der Waals surface area contributed by atoms with Gasteiger partial charge in [-0.3, -0.25) is 16.3 Å². The lowest BCUT2D eigenvalue weighted by Crippen LogP contribution is -2.76. The summed E-state index contributed by atoms with van der Waals surface area (Å²) in [7, 11) is 4.54. The molecule has 0 amide bonds. The van der Waals surface area contributed by atoms with Gasteiger partial charge in [-0.25, -0.2) is 0 Å². The second kappa shape index (κ2) is 11.1. The van der Waals surface area contributed by atoms with Crippen LogP contribution in [0.4, 0.5) is 0 Å². The number of cyclic esters (lactones) is 1. The fraction of sp³-hybridized carbons (Fsp3) is 0.567. The summed E-state index contributed by atoms with van der Waals surface area (Å²) in [6, 6.07) is 7.18. The van der Waals surface area contributed by atoms with Crippen molar-refractivity contribution in [1.82, 2.24) is 0 Å². The van der Waals surface area contributed by atoms with Crippen molar-refractivity contribution in [2.75, 3.05) is 34.7 Å². The van der Waals surface area contributed by atoms with E-state index in [1.54, 1.807) is 25.1 Å². The quantitative estimate of drug-likeness (QED) is 0.249. The first-order chi connectivity index (χ1) is 21.6. The Morgan fingerprint density at radius 1 is 0.889 bits per heavy atom. The van der Waals surface area contributed by atoms with Crippen LogP contribution in [-0.4, -0.2) is 93.8 Å². The first-order valence-electron chi connectivity index (χ1n) is 14.5. The van der Waals surface area contributed by atoms with Gasteiger partial charge in [0.25, 0.3) is 0 Å². The third-order valence-electron chi connectivity index (χ3n) is 9.15. The number of methoxy groups -OCH3 is 3. The minimum absolute atomic E-state index is 0.0146. The first-order valence-corrected chi connectivity index (χ1v) is 14.5. The van der Waals surface area contributed by atoms with E-state index in [-0.39, 0.29) is 13.4 Å². The van der Waals surface area contributed by atoms with Crippen molar-refractivity contribution in [2.24, 2.45) is 23.3 Å². The molecule has 15 heteroatoms. The van der Waals surface area contributed by atoms with Gasteiger partial charge in [-0.05, 0) is 47.9 Å². The highest BCUT2D eigenvalue weighted by Gasteiger charge is 2.59. The van der Waals surface area contributed by atoms with E-state index >= 15 is 0 Å². The highest BCUT2D eigenvalue weighted by Crippen LogP contribution is 2.57. The number of nitrogens with two attached hydrogens (primary N) is 2. The first kappa shape index (κ1) is 30.3. The molecule has 10 unspecified atom stereocenters. The number of ether oxygens (including phenoxy) is 10. The second-order valence-electron chi connectivity index (χ2n) is 11.7. The third-order valence-corrected chi connectivity index (χ3v) is 9.15. The number of rotatable bonds is 6. The number of carbonyl (C=O) groups is 1. The Bertz CT molecular complexity index is 1460. The normalized spacial score (nSPS) is 36.0. The molecule has 244 valence electrons. The highest BCUT2D eigenvalue weighted by atomic mass is 16.8. The van der Waals surface area contributed by atoms with Gasteiger partial charge in [0.05, 0.1) is 40.0 Å². The van der Waals surface area contributed by atoms with E-state index < -0.39 is 72.7 Å². The lowest BCUT2D eigenvalue weighted by atomic mass is 9.66. The summed E-state index contributed by atoms with van der Waals surface area (Å²) in [4.78, 5) is 13.5. The van der Waals surface area contributed by atoms with Crippen molar-refractivity contribution in [2.45, 2.75) is 61.8 Å². The van der Waals surface area contributed by atoms with E-state index in [4.69, 9.17) is 58.8 Å². The van der Waals surface area contributed by atoms with Gasteiger partial charge in [0.2, 0.25) is 18.4 Å². The minimum Gasteiger partial charge on any atom is -0.493 e. The van der Waals surface area contributed by atoms with Crippen LogP contribution in [-0.2, 0) is 28.5 Å². The topological polar surface area (TPSA) is 202 Å². The van der Waals surface area contributed by atoms with Crippen LogP contribution in [0.15, 0.2) is 24.3 Å². The molecule has 7 rings (SSSR count). The zero-order valence-electron chi connectivity index (χ0n) is 25.0. The van der Waals surface area contributed by atoms with E-state index in [2.05, 4.69) is 0 Å². The maximum Gasteiger partial charge on any atom is 0.310 e. The van der Waals surface area contributed by atoms with Gasteiger partial charge in [-0.1, -0.05) is 0 Å². The fourth-order valence-corrected chi connectivity index (χ4v) is 7.18. The molecule has 1 aliphatic carbocycles. The average molecular weight is 633 g/mol. The van der Waals surface area contributed by atoms with E-state index in [1.165, 1.54) is 21.3 Å². The summed E-state index contributed by atoms with van der Waals surface area (Å²) in [5, 5.41) is 22.2. The Kier molecular flexibility index (Phi) is 7.49. The van der Waals surface area contributed by atoms with E-state index in [0.717, 1.165) is 0 Å². The molecule has 4 aliphatic heterocycles. The van der Waals surface area contributed by atoms with E-state index in [0.29, 0.717) is 45.4 Å². The van der Waals surface area contributed by atoms with Crippen molar-refractivity contribution in [1.29, 1.82) is 0 Å². The molecular weight excluding hydrogens is 596 g/mol. The monoisotopic (exact) mass is 632 g/mol. The molecule has 15 nitrogen and oxygen atoms in total. The van der Waals surface area contributed by atoms with Crippen molar-refractivity contribution >= 4 is 5.97 Å². The van der Waals surface area contributed by atoms with Crippen LogP contribution in [0.1, 0.15) is 35.6 Å². The maximum absolute atomic E-state index is 13.5. The Morgan fingerprint density at radius 2 is 1.56 bits per heavy atom. The zero-order chi connectivity index (χ0) is 31.8. The molecule has 0 bridgehead atoms. The molecule has 2 aromatic rings. The number of hydrogen-bond acceptors (Lipinski definition) is 15. The Balaban J connectivity index is 1.33. The number of benzene rings is 2. The summed E-state index contributed by atoms with van der Waals surface area (Å²) in [5.74, 6) is -1.95. The standard InChI is InChI=1S/C30H36N2O13/c1-11-42-26-22(33)23(34)29(44-27(26)30(31,32)45-11)43-24-14-8-17-16(40-10-41-17)7-13(14)20(21-15(24)9-39-28(21)35)12-5-18(36-2)25(38-4)19(6-12)37-3/h5-8,11,15,20-24,26-27,29,33-34H,9-10,31-32H2,1-4H3. The minimum atomic E-state index is -1.85. The van der Waals surface area contributed by atoms with Gasteiger partial charge < -0.3 is 57.6 Å². The molecule has 0 spiro atoms. The molecule has 10 atom stereocenters. The van der Waals surface area contributed by atoms with Crippen molar-refractivity contribution in [3.8, 4) is 28.7 Å². The van der Waals surface area contributed by atoms with Crippen LogP contribution in [0.3, 0.4) is 0 Å². The molecule has 6 N–H and O–H groups in total. The van der Waals surface area contributed by atoms with Crippen LogP contribution in [0.2, 0.25) is 0 Å². The van der Waals surface area contributed by atoms with E-state index in [9.17, 15) is 15.0 Å². The lowest BCUT2D eigenvalue weighted by molar-refractivity contribution is -0.402. The number of hydrogen-bond donors (Lipinski definition) is 4. The molecule has 0 aromatic heterocycles. The largest absolute Gasteiger partial charge is 0.493 e. The van der Waals surface area contributed by atoms with Crippen LogP contribution in [0.25, 0.3) is 0 Å². The van der Waals surface area contributed by atoms with Crippen LogP contribution < -0.4 is 35.2 Å². The molecule has 0 radical (unpaired) electrons. The second-order valence-corrected chi connectivity index (χ2v) is 11.7. The molecule has 45 heavy (non-hydrogen) atoms. The van der Waals surface area contributed by atoms with Gasteiger partial charge in [0.1, 0.15) is 24.4 Å². The van der Waals surface area contributed by atoms with Crippen molar-refractivity contribution < 1.29 is 62.4 Å². The average Bonchev–Trinajstić information content (AvgIpc) is 3.64. The summed E-state index contributed by atoms with van der Waals surface area (Å²) >= 11 is 0. The Labute approximate surface area is 258 Å². The molecule has 5 aliphatic rings. The molecular formula is C30H36N2O13. The number of aliphatic hydroxyl groups excluding tert-OH is 2. The Morgan fingerprint density at radius 3 is 2.20 bits per heavy atom. The van der Waals surface area contributed by atoms with Gasteiger partial charge >= 0.3 is 5.97 Å². The lowest BCUT2D eigenvalue weighted by Gasteiger charge is -2.52. The SMILES string of the molecule is COc1cc(C2c3cc4c(cc3C(OC3OC5C(OC(C)OC5(N)N)C(O)C3O)C3COC(=O)C23)OCO4)cc(OC)c1OC. The Hall–Kier alpha value is -3.41. The van der Waals surface area contributed by atoms with Crippen LogP contribution in [0, 0.1) is 11.8 Å². The number of aliphatic hydroxyl groups is 2.